The quantitative estimate of drug-likeness (QED) is 0.770. The van der Waals surface area contributed by atoms with Gasteiger partial charge in [0, 0.05) is 12.1 Å². The number of nitrogen functional groups attached to an aromatic ring is 1. The number of hydrogen-bond donors (Lipinski definition) is 3. The predicted molar refractivity (Wildman–Crippen MR) is 76.9 cm³/mol. The van der Waals surface area contributed by atoms with E-state index in [-0.39, 0.29) is 12.4 Å². The summed E-state index contributed by atoms with van der Waals surface area (Å²) in [5.74, 6) is -0.561. The van der Waals surface area contributed by atoms with E-state index in [4.69, 9.17) is 10.8 Å². The lowest BCUT2D eigenvalue weighted by Crippen LogP contribution is -2.02. The molecule has 0 aliphatic rings. The molecule has 2 aromatic rings. The van der Waals surface area contributed by atoms with Crippen LogP contribution in [-0.2, 0) is 11.2 Å². The third kappa shape index (κ3) is 3.68. The fourth-order valence-corrected chi connectivity index (χ4v) is 1.82. The molecule has 6 heteroatoms. The van der Waals surface area contributed by atoms with Crippen LogP contribution in [0.3, 0.4) is 0 Å². The predicted octanol–water partition coefficient (Wildman–Crippen LogP) is 2.13. The summed E-state index contributed by atoms with van der Waals surface area (Å²) in [4.78, 5) is 18.6. The van der Waals surface area contributed by atoms with E-state index in [1.54, 1.807) is 6.20 Å². The zero-order chi connectivity index (χ0) is 14.5. The number of nitrogens with one attached hydrogen (secondary N) is 1. The van der Waals surface area contributed by atoms with Crippen LogP contribution < -0.4 is 11.1 Å². The van der Waals surface area contributed by atoms with Gasteiger partial charge in [0.05, 0.1) is 17.6 Å². The number of nitrogens with two attached hydrogens (primary N) is 1. The van der Waals surface area contributed by atoms with Crippen LogP contribution in [0.25, 0.3) is 0 Å². The fourth-order valence-electron chi connectivity index (χ4n) is 1.82. The molecule has 0 unspecified atom stereocenters. The molecule has 6 nitrogen and oxygen atoms in total. The van der Waals surface area contributed by atoms with Gasteiger partial charge >= 0.3 is 5.97 Å². The molecule has 0 bridgehead atoms. The minimum Gasteiger partial charge on any atom is -0.481 e. The van der Waals surface area contributed by atoms with Gasteiger partial charge in [0.2, 0.25) is 5.95 Å². The van der Waals surface area contributed by atoms with E-state index < -0.39 is 5.97 Å². The fraction of sp³-hybridized carbons (Fsp3) is 0.214. The Hall–Kier alpha value is -2.63. The highest BCUT2D eigenvalue weighted by molar-refractivity contribution is 5.67. The summed E-state index contributed by atoms with van der Waals surface area (Å²) in [6, 6.07) is 7.60. The van der Waals surface area contributed by atoms with Gasteiger partial charge in [-0.1, -0.05) is 12.1 Å². The van der Waals surface area contributed by atoms with Crippen molar-refractivity contribution in [3.63, 3.8) is 0 Å². The van der Waals surface area contributed by atoms with Crippen molar-refractivity contribution in [3.8, 4) is 0 Å². The smallest absolute Gasteiger partial charge is 0.303 e. The number of aryl methyl sites for hydroxylation is 2. The normalized spacial score (nSPS) is 10.2. The van der Waals surface area contributed by atoms with Gasteiger partial charge in [-0.2, -0.15) is 0 Å². The zero-order valence-electron chi connectivity index (χ0n) is 11.1. The number of carbonyl (C=O) groups is 1. The van der Waals surface area contributed by atoms with Crippen molar-refractivity contribution < 1.29 is 9.90 Å². The molecule has 0 saturated heterocycles. The van der Waals surface area contributed by atoms with Crippen molar-refractivity contribution in [2.45, 2.75) is 19.8 Å². The van der Waals surface area contributed by atoms with Crippen LogP contribution in [0.15, 0.2) is 30.5 Å². The summed E-state index contributed by atoms with van der Waals surface area (Å²) in [5.41, 5.74) is 8.87. The van der Waals surface area contributed by atoms with Crippen molar-refractivity contribution in [3.05, 3.63) is 41.7 Å². The number of aliphatic carboxylic acids is 1. The lowest BCUT2D eigenvalue weighted by Gasteiger charge is -2.10. The highest BCUT2D eigenvalue weighted by Crippen LogP contribution is 2.20. The molecule has 0 aliphatic heterocycles. The average Bonchev–Trinajstić information content (AvgIpc) is 2.40. The second kappa shape index (κ2) is 6.01. The zero-order valence-corrected chi connectivity index (χ0v) is 11.1. The van der Waals surface area contributed by atoms with Gasteiger partial charge in [-0.25, -0.2) is 9.97 Å². The van der Waals surface area contributed by atoms with Crippen LogP contribution in [0.2, 0.25) is 0 Å². The maximum Gasteiger partial charge on any atom is 0.303 e. The van der Waals surface area contributed by atoms with E-state index in [9.17, 15) is 4.79 Å². The molecule has 0 spiro atoms. The van der Waals surface area contributed by atoms with Crippen molar-refractivity contribution in [1.82, 2.24) is 9.97 Å². The topological polar surface area (TPSA) is 101 Å². The van der Waals surface area contributed by atoms with E-state index in [0.717, 1.165) is 22.6 Å². The summed E-state index contributed by atoms with van der Waals surface area (Å²) in [7, 11) is 0. The van der Waals surface area contributed by atoms with Crippen LogP contribution in [0.5, 0.6) is 0 Å². The van der Waals surface area contributed by atoms with Crippen LogP contribution >= 0.6 is 0 Å². The summed E-state index contributed by atoms with van der Waals surface area (Å²) in [6.45, 7) is 1.84. The number of carboxylic acids is 1. The Bertz CT molecular complexity index is 628. The molecule has 0 amide bonds. The molecule has 4 N–H and O–H groups in total. The first-order valence-electron chi connectivity index (χ1n) is 6.21. The van der Waals surface area contributed by atoms with Crippen molar-refractivity contribution in [1.29, 1.82) is 0 Å². The van der Waals surface area contributed by atoms with E-state index in [2.05, 4.69) is 15.3 Å². The average molecular weight is 272 g/mol. The number of hydrogen-bond acceptors (Lipinski definition) is 5. The molecule has 0 fully saturated rings. The molecular formula is C14H16N4O2. The number of carboxylic acid groups (broad SMARTS) is 1. The first-order chi connectivity index (χ1) is 9.54. The number of nitrogens with zero attached hydrogens (tertiary/aromatic N) is 2. The van der Waals surface area contributed by atoms with Crippen LogP contribution in [0.4, 0.5) is 17.3 Å². The maximum absolute atomic E-state index is 10.6. The minimum absolute atomic E-state index is 0.119. The minimum atomic E-state index is -0.800. The van der Waals surface area contributed by atoms with Crippen LogP contribution in [-0.4, -0.2) is 21.0 Å². The lowest BCUT2D eigenvalue weighted by atomic mass is 10.1. The largest absolute Gasteiger partial charge is 0.481 e. The van der Waals surface area contributed by atoms with Crippen molar-refractivity contribution in [2.24, 2.45) is 0 Å². The molecule has 1 aromatic heterocycles. The van der Waals surface area contributed by atoms with Gasteiger partial charge in [-0.05, 0) is 31.0 Å². The molecule has 0 aliphatic carbocycles. The summed E-state index contributed by atoms with van der Waals surface area (Å²) in [6.07, 6.45) is 2.25. The lowest BCUT2D eigenvalue weighted by molar-refractivity contribution is -0.136. The maximum atomic E-state index is 10.6. The van der Waals surface area contributed by atoms with E-state index >= 15 is 0 Å². The summed E-state index contributed by atoms with van der Waals surface area (Å²) < 4.78 is 0. The first kappa shape index (κ1) is 13.8. The second-order valence-corrected chi connectivity index (χ2v) is 4.45. The van der Waals surface area contributed by atoms with Gasteiger partial charge < -0.3 is 16.2 Å². The van der Waals surface area contributed by atoms with E-state index in [1.165, 1.54) is 0 Å². The molecule has 2 rings (SSSR count). The summed E-state index contributed by atoms with van der Waals surface area (Å²) in [5, 5.41) is 11.9. The molecule has 1 aromatic carbocycles. The van der Waals surface area contributed by atoms with E-state index in [1.807, 2.05) is 31.2 Å². The molecular weight excluding hydrogens is 256 g/mol. The Morgan fingerprint density at radius 2 is 2.25 bits per heavy atom. The van der Waals surface area contributed by atoms with Gasteiger partial charge in [0.25, 0.3) is 0 Å². The van der Waals surface area contributed by atoms with E-state index in [0.29, 0.717) is 6.42 Å². The molecule has 0 atom stereocenters. The highest BCUT2D eigenvalue weighted by atomic mass is 16.4. The SMILES string of the molecule is Cc1nc(N)ncc1Nc1cccc(CCC(=O)O)c1. The third-order valence-corrected chi connectivity index (χ3v) is 2.83. The Kier molecular flexibility index (Phi) is 4.14. The standard InChI is InChI=1S/C14H16N4O2/c1-9-12(8-16-14(15)17-9)18-11-4-2-3-10(7-11)5-6-13(19)20/h2-4,7-8,18H,5-6H2,1H3,(H,19,20)(H2,15,16,17). The van der Waals surface area contributed by atoms with Gasteiger partial charge in [0.1, 0.15) is 0 Å². The third-order valence-electron chi connectivity index (χ3n) is 2.83. The Labute approximate surface area is 116 Å². The molecule has 0 saturated carbocycles. The highest BCUT2D eigenvalue weighted by Gasteiger charge is 2.04. The molecule has 104 valence electrons. The Balaban J connectivity index is 2.13. The number of anilines is 3. The monoisotopic (exact) mass is 272 g/mol. The van der Waals surface area contributed by atoms with Gasteiger partial charge in [-0.3, -0.25) is 4.79 Å². The van der Waals surface area contributed by atoms with Crippen molar-refractivity contribution >= 4 is 23.3 Å². The molecule has 1 heterocycles. The molecule has 20 heavy (non-hydrogen) atoms. The number of aromatic nitrogens is 2. The number of benzene rings is 1. The number of rotatable bonds is 5. The Morgan fingerprint density at radius 1 is 1.45 bits per heavy atom. The van der Waals surface area contributed by atoms with Gasteiger partial charge in [0.15, 0.2) is 0 Å². The van der Waals surface area contributed by atoms with Crippen LogP contribution in [0.1, 0.15) is 17.7 Å². The van der Waals surface area contributed by atoms with Crippen molar-refractivity contribution in [2.75, 3.05) is 11.1 Å². The second-order valence-electron chi connectivity index (χ2n) is 4.45. The summed E-state index contributed by atoms with van der Waals surface area (Å²) >= 11 is 0. The first-order valence-corrected chi connectivity index (χ1v) is 6.21. The van der Waals surface area contributed by atoms with Crippen LogP contribution in [0, 0.1) is 6.92 Å². The molecule has 0 radical (unpaired) electrons. The Morgan fingerprint density at radius 3 is 2.95 bits per heavy atom. The van der Waals surface area contributed by atoms with Gasteiger partial charge in [-0.15, -0.1) is 0 Å².